The average molecular weight is 1830 g/mol. The molecule has 6 aromatic heterocycles. The molecule has 11 N–H and O–H groups in total. The minimum absolute atomic E-state index is 0.00474. The molecule has 6 amide bonds. The molecule has 0 aliphatic heterocycles. The third-order valence-electron chi connectivity index (χ3n) is 24.9. The Morgan fingerprint density at radius 1 is 0.289 bits per heavy atom. The van der Waals surface area contributed by atoms with Gasteiger partial charge in [0.15, 0.2) is 0 Å². The van der Waals surface area contributed by atoms with E-state index >= 15 is 0 Å². The van der Waals surface area contributed by atoms with E-state index in [9.17, 15) is 47.9 Å². The standard InChI is InChI=1S/C20H26N2O2.C19H25N3O2.2C19H24N2O2.C18H24N2O.C18H23NO/c1-14(23)20(3,4)11-10-17(22(5)15(2)24)12-16-13-21-19-9-7-6-8-18(16)19;1-13(23)22-15(9-10-19(2,3)18(24)20-4)11-14-12-21-17-8-6-5-7-16(14)17;2*1-13(22)19(3,4)10-9-16(21-14(2)23)11-15-12-20-18-8-6-5-7-17(15)18;1-13(9-10-18(2,3)17(21)19-4)11-14-12-20-16-8-6-5-7-15(14)16;1-13(9-10-18(3,4)14(2)20)11-15-12-19-17-8-6-5-7-16(15)17/h6-11,13,17,21H,12H2,1-5H3;5-10,12,15,21H,11H2,1-4H3,(H,20,24)(H,22,23);2*5-10,12,16,20H,11H2,1-4H3,(H,21,23);5-10,12-13,20H,11H2,1-4H3,(H,19,21);5-10,12-13,19H,11H2,1-4H3/b11-10+;5*10-9+/t17-;15-;2*16-;2*13-/m000000/s1. The lowest BCUT2D eigenvalue weighted by Crippen LogP contribution is -2.36. The molecule has 22 heteroatoms. The molecule has 6 heterocycles. The van der Waals surface area contributed by atoms with Crippen molar-refractivity contribution in [3.05, 3.63) is 289 Å². The van der Waals surface area contributed by atoms with Crippen molar-refractivity contribution in [3.8, 4) is 0 Å². The van der Waals surface area contributed by atoms with E-state index in [0.717, 1.165) is 73.3 Å². The van der Waals surface area contributed by atoms with Gasteiger partial charge in [-0.1, -0.05) is 196 Å². The van der Waals surface area contributed by atoms with Gasteiger partial charge in [-0.3, -0.25) is 47.9 Å². The highest BCUT2D eigenvalue weighted by atomic mass is 16.2. The predicted molar refractivity (Wildman–Crippen MR) is 554 cm³/mol. The van der Waals surface area contributed by atoms with Gasteiger partial charge < -0.3 is 61.4 Å². The van der Waals surface area contributed by atoms with Gasteiger partial charge in [0, 0.05) is 173 Å². The predicted octanol–water partition coefficient (Wildman–Crippen LogP) is 21.2. The third-order valence-corrected chi connectivity index (χ3v) is 24.9. The van der Waals surface area contributed by atoms with Crippen molar-refractivity contribution in [1.82, 2.24) is 61.4 Å². The van der Waals surface area contributed by atoms with E-state index in [1.165, 1.54) is 59.1 Å². The summed E-state index contributed by atoms with van der Waals surface area (Å²) in [6, 6.07) is 48.5. The van der Waals surface area contributed by atoms with Gasteiger partial charge in [0.25, 0.3) is 0 Å². The Morgan fingerprint density at radius 3 is 0.711 bits per heavy atom. The van der Waals surface area contributed by atoms with E-state index in [0.29, 0.717) is 37.5 Å². The monoisotopic (exact) mass is 1830 g/mol. The van der Waals surface area contributed by atoms with Crippen LogP contribution in [0.25, 0.3) is 65.4 Å². The molecule has 0 bridgehead atoms. The molecule has 0 aliphatic carbocycles. The molecule has 0 fully saturated rings. The summed E-state index contributed by atoms with van der Waals surface area (Å²) >= 11 is 0. The Bertz CT molecular complexity index is 6100. The summed E-state index contributed by atoms with van der Waals surface area (Å²) in [4.78, 5) is 138. The van der Waals surface area contributed by atoms with E-state index in [2.05, 4.69) is 156 Å². The summed E-state index contributed by atoms with van der Waals surface area (Å²) in [5.74, 6) is 1.02. The fourth-order valence-corrected chi connectivity index (χ4v) is 14.9. The quantitative estimate of drug-likeness (QED) is 0.0169. The zero-order valence-corrected chi connectivity index (χ0v) is 84.0. The van der Waals surface area contributed by atoms with Crippen molar-refractivity contribution in [2.24, 2.45) is 44.3 Å². The van der Waals surface area contributed by atoms with Crippen LogP contribution >= 0.6 is 0 Å². The van der Waals surface area contributed by atoms with Gasteiger partial charge in [0.2, 0.25) is 35.4 Å². The van der Waals surface area contributed by atoms with Crippen LogP contribution in [0, 0.1) is 44.3 Å². The summed E-state index contributed by atoms with van der Waals surface area (Å²) < 4.78 is 0. The molecule has 0 unspecified atom stereocenters. The highest BCUT2D eigenvalue weighted by Gasteiger charge is 2.29. The zero-order valence-electron chi connectivity index (χ0n) is 84.0. The lowest BCUT2D eigenvalue weighted by Gasteiger charge is -2.26. The van der Waals surface area contributed by atoms with Crippen LogP contribution in [0.2, 0.25) is 0 Å². The van der Waals surface area contributed by atoms with E-state index in [1.54, 1.807) is 60.7 Å². The SMILES string of the molecule is CC(=O)C(C)(C)/C=C/[C@H](C)Cc1c[nH]c2ccccc12.CC(=O)N(C)[C@@H](/C=C/C(C)(C)C(C)=O)Cc1c[nH]c2ccccc12.CC(=O)N[C@@H](/C=C/C(C)(C)C(C)=O)Cc1c[nH]c2ccccc12.CC(=O)N[C@@H](/C=C/C(C)(C)C(C)=O)Cc1c[nH]c2ccccc12.CNC(=O)C(C)(C)/C=C/[C@@H](Cc1c[nH]c2ccccc12)NC(C)=O.CNC(=O)C(C)(C)/C=C/[C@H](C)Cc1c[nH]c2ccccc12. The molecule has 0 saturated heterocycles. The largest absolute Gasteiger partial charge is 0.361 e. The van der Waals surface area contributed by atoms with E-state index in [4.69, 9.17) is 0 Å². The number of rotatable bonds is 34. The van der Waals surface area contributed by atoms with Crippen LogP contribution in [0.1, 0.15) is 186 Å². The Kier molecular flexibility index (Phi) is 39.8. The first-order valence-electron chi connectivity index (χ1n) is 46.5. The minimum Gasteiger partial charge on any atom is -0.361 e. The first kappa shape index (κ1) is 109. The Morgan fingerprint density at radius 2 is 0.489 bits per heavy atom. The molecule has 6 atom stereocenters. The van der Waals surface area contributed by atoms with Crippen LogP contribution in [-0.4, -0.2) is 139 Å². The number of Topliss-reactive ketones (excluding diaryl/α,β-unsaturated/α-hetero) is 4. The Hall–Kier alpha value is -13.5. The molecule has 6 aromatic carbocycles. The number of aromatic nitrogens is 6. The fourth-order valence-electron chi connectivity index (χ4n) is 14.9. The van der Waals surface area contributed by atoms with Crippen LogP contribution < -0.4 is 26.6 Å². The van der Waals surface area contributed by atoms with Crippen molar-refractivity contribution >= 4 is 124 Å². The van der Waals surface area contributed by atoms with Gasteiger partial charge in [-0.2, -0.15) is 0 Å². The number of H-pyrrole nitrogens is 6. The normalized spacial score (nSPS) is 13.5. The lowest BCUT2D eigenvalue weighted by atomic mass is 9.87. The number of ketones is 4. The number of benzene rings is 6. The molecular weight excluding hydrogens is 1690 g/mol. The number of carbonyl (C=O) groups is 10. The number of hydrogen-bond acceptors (Lipinski definition) is 10. The fraction of sp³-hybridized carbons (Fsp3) is 0.381. The Balaban J connectivity index is 0.000000221. The third kappa shape index (κ3) is 33.0. The molecule has 135 heavy (non-hydrogen) atoms. The number of allylic oxidation sites excluding steroid dienone is 6. The molecule has 0 spiro atoms. The maximum Gasteiger partial charge on any atom is 0.229 e. The number of fused-ring (bicyclic) bond motifs is 6. The second-order valence-electron chi connectivity index (χ2n) is 38.8. The van der Waals surface area contributed by atoms with Gasteiger partial charge in [-0.15, -0.1) is 0 Å². The number of carbonyl (C=O) groups excluding carboxylic acids is 10. The van der Waals surface area contributed by atoms with E-state index in [1.807, 2.05) is 254 Å². The Labute approximate surface area is 798 Å². The van der Waals surface area contributed by atoms with Crippen LogP contribution in [0.15, 0.2) is 256 Å². The minimum atomic E-state index is -0.633. The lowest BCUT2D eigenvalue weighted by molar-refractivity contribution is -0.129. The van der Waals surface area contributed by atoms with Gasteiger partial charge in [0.05, 0.1) is 35.0 Å². The average Bonchev–Trinajstić information content (AvgIpc) is 1.70. The van der Waals surface area contributed by atoms with Crippen LogP contribution in [0.3, 0.4) is 0 Å². The van der Waals surface area contributed by atoms with Gasteiger partial charge in [-0.25, -0.2) is 0 Å². The molecule has 22 nitrogen and oxygen atoms in total. The van der Waals surface area contributed by atoms with Gasteiger partial charge in [0.1, 0.15) is 23.1 Å². The van der Waals surface area contributed by atoms with Crippen molar-refractivity contribution in [2.45, 2.75) is 215 Å². The summed E-state index contributed by atoms with van der Waals surface area (Å²) in [5, 5.41) is 21.4. The second kappa shape index (κ2) is 49.5. The maximum atomic E-state index is 11.9. The molecule has 718 valence electrons. The van der Waals surface area contributed by atoms with Crippen LogP contribution in [0.5, 0.6) is 0 Å². The highest BCUT2D eigenvalue weighted by molar-refractivity contribution is 5.91. The molecule has 12 aromatic rings. The number of para-hydroxylation sites is 6. The molecule has 0 aliphatic rings. The maximum absolute atomic E-state index is 11.9. The van der Waals surface area contributed by atoms with Crippen LogP contribution in [-0.2, 0) is 86.5 Å². The smallest absolute Gasteiger partial charge is 0.229 e. The van der Waals surface area contributed by atoms with Crippen molar-refractivity contribution in [3.63, 3.8) is 0 Å². The summed E-state index contributed by atoms with van der Waals surface area (Å²) in [6.07, 6.45) is 40.3. The number of likely N-dealkylation sites (N-methyl/N-ethyl adjacent to an activating group) is 1. The van der Waals surface area contributed by atoms with Gasteiger partial charge >= 0.3 is 0 Å². The topological polar surface area (TPSA) is 329 Å². The van der Waals surface area contributed by atoms with Gasteiger partial charge in [-0.05, 0) is 231 Å². The number of nitrogens with zero attached hydrogens (tertiary/aromatic N) is 1. The zero-order chi connectivity index (χ0) is 99.9. The van der Waals surface area contributed by atoms with Crippen molar-refractivity contribution < 1.29 is 47.9 Å². The first-order chi connectivity index (χ1) is 63.5. The number of hydrogen-bond donors (Lipinski definition) is 11. The summed E-state index contributed by atoms with van der Waals surface area (Å²) in [6.45, 7) is 39.6. The molecule has 12 rings (SSSR count). The number of aromatic amines is 6. The number of amides is 6. The van der Waals surface area contributed by atoms with Crippen molar-refractivity contribution in [1.29, 1.82) is 0 Å². The second-order valence-corrected chi connectivity index (χ2v) is 38.8. The summed E-state index contributed by atoms with van der Waals surface area (Å²) in [5.41, 5.74) is 10.8. The van der Waals surface area contributed by atoms with Crippen molar-refractivity contribution in [2.75, 3.05) is 21.1 Å². The first-order valence-corrected chi connectivity index (χ1v) is 46.5. The molecule has 0 saturated carbocycles. The van der Waals surface area contributed by atoms with E-state index < -0.39 is 27.1 Å². The number of nitrogens with one attached hydrogen (secondary N) is 11. The molecule has 0 radical (unpaired) electrons. The van der Waals surface area contributed by atoms with E-state index in [-0.39, 0.29) is 88.2 Å². The summed E-state index contributed by atoms with van der Waals surface area (Å²) in [7, 11) is 5.09. The molecular formula is C113H146N12O10. The van der Waals surface area contributed by atoms with Crippen LogP contribution in [0.4, 0.5) is 0 Å². The highest BCUT2D eigenvalue weighted by Crippen LogP contribution is 2.31.